The van der Waals surface area contributed by atoms with E-state index in [4.69, 9.17) is 5.14 Å². The number of nitro benzene ring substituents is 1. The number of nitro groups is 1. The van der Waals surface area contributed by atoms with E-state index in [0.717, 1.165) is 25.0 Å². The number of nitrogens with two attached hydrogens (primary N) is 1. The summed E-state index contributed by atoms with van der Waals surface area (Å²) in [5, 5.41) is 18.6. The van der Waals surface area contributed by atoms with Gasteiger partial charge >= 0.3 is 0 Å². The fourth-order valence-corrected chi connectivity index (χ4v) is 2.59. The number of rotatable bonds is 6. The van der Waals surface area contributed by atoms with E-state index in [-0.39, 0.29) is 11.1 Å². The number of sulfonamides is 1. The summed E-state index contributed by atoms with van der Waals surface area (Å²) in [7, 11) is -4.16. The van der Waals surface area contributed by atoms with E-state index in [0.29, 0.717) is 6.54 Å². The lowest BCUT2D eigenvalue weighted by atomic mass is 10.1. The lowest BCUT2D eigenvalue weighted by Crippen LogP contribution is -2.25. The minimum Gasteiger partial charge on any atom is -0.352 e. The largest absolute Gasteiger partial charge is 0.352 e. The van der Waals surface area contributed by atoms with Gasteiger partial charge in [-0.3, -0.25) is 14.9 Å². The maximum atomic E-state index is 11.9. The fourth-order valence-electron chi connectivity index (χ4n) is 1.77. The summed E-state index contributed by atoms with van der Waals surface area (Å²) in [5.74, 6) is -0.573. The molecule has 116 valence electrons. The molecular formula is C12H17N3O5S. The summed E-state index contributed by atoms with van der Waals surface area (Å²) in [4.78, 5) is 21.7. The number of unbranched alkanes of at least 4 members (excludes halogenated alkanes) is 1. The van der Waals surface area contributed by atoms with Crippen molar-refractivity contribution in [1.29, 1.82) is 0 Å². The van der Waals surface area contributed by atoms with Crippen molar-refractivity contribution >= 4 is 21.6 Å². The Bertz CT molecular complexity index is 670. The number of carbonyl (C=O) groups excluding carboxylic acids is 1. The molecule has 3 N–H and O–H groups in total. The number of amides is 1. The Hall–Kier alpha value is -2.00. The van der Waals surface area contributed by atoms with Gasteiger partial charge in [-0.2, -0.15) is 0 Å². The molecule has 0 aromatic heterocycles. The number of carbonyl (C=O) groups is 1. The van der Waals surface area contributed by atoms with E-state index in [9.17, 15) is 23.3 Å². The van der Waals surface area contributed by atoms with Crippen molar-refractivity contribution < 1.29 is 18.1 Å². The van der Waals surface area contributed by atoms with Crippen molar-refractivity contribution in [2.24, 2.45) is 5.14 Å². The zero-order chi connectivity index (χ0) is 16.2. The van der Waals surface area contributed by atoms with Crippen molar-refractivity contribution in [3.8, 4) is 0 Å². The Morgan fingerprint density at radius 1 is 1.43 bits per heavy atom. The van der Waals surface area contributed by atoms with Crippen molar-refractivity contribution in [2.75, 3.05) is 6.54 Å². The maximum absolute atomic E-state index is 11.9. The van der Waals surface area contributed by atoms with Crippen LogP contribution in [0.2, 0.25) is 0 Å². The molecule has 1 amide bonds. The Labute approximate surface area is 122 Å². The van der Waals surface area contributed by atoms with E-state index in [1.807, 2.05) is 6.92 Å². The molecule has 0 bridgehead atoms. The van der Waals surface area contributed by atoms with Crippen LogP contribution in [-0.4, -0.2) is 25.8 Å². The summed E-state index contributed by atoms with van der Waals surface area (Å²) < 4.78 is 23.0. The van der Waals surface area contributed by atoms with Crippen molar-refractivity contribution in [1.82, 2.24) is 5.32 Å². The molecule has 8 nitrogen and oxygen atoms in total. The second kappa shape index (κ2) is 6.64. The number of nitrogens with zero attached hydrogens (tertiary/aromatic N) is 1. The van der Waals surface area contributed by atoms with Gasteiger partial charge in [0, 0.05) is 23.7 Å². The summed E-state index contributed by atoms with van der Waals surface area (Å²) in [6.07, 6.45) is 1.62. The molecule has 0 unspecified atom stereocenters. The molecule has 1 aromatic rings. The van der Waals surface area contributed by atoms with Crippen LogP contribution in [0.15, 0.2) is 17.0 Å². The van der Waals surface area contributed by atoms with Crippen LogP contribution in [0.1, 0.15) is 35.7 Å². The van der Waals surface area contributed by atoms with Gasteiger partial charge in [0.05, 0.1) is 9.82 Å². The third-order valence-electron chi connectivity index (χ3n) is 2.91. The molecule has 0 aliphatic heterocycles. The van der Waals surface area contributed by atoms with Gasteiger partial charge in [-0.05, 0) is 19.4 Å². The second-order valence-corrected chi connectivity index (χ2v) is 6.06. The van der Waals surface area contributed by atoms with Crippen LogP contribution in [0.3, 0.4) is 0 Å². The Morgan fingerprint density at radius 2 is 2.05 bits per heavy atom. The molecule has 1 aromatic carbocycles. The summed E-state index contributed by atoms with van der Waals surface area (Å²) in [5.41, 5.74) is -0.651. The van der Waals surface area contributed by atoms with Gasteiger partial charge < -0.3 is 5.32 Å². The van der Waals surface area contributed by atoms with Crippen molar-refractivity contribution in [2.45, 2.75) is 31.6 Å². The molecule has 0 atom stereocenters. The van der Waals surface area contributed by atoms with Gasteiger partial charge in [0.25, 0.3) is 11.6 Å². The van der Waals surface area contributed by atoms with Gasteiger partial charge in [-0.25, -0.2) is 13.6 Å². The van der Waals surface area contributed by atoms with E-state index >= 15 is 0 Å². The Kier molecular flexibility index (Phi) is 5.39. The topological polar surface area (TPSA) is 132 Å². The van der Waals surface area contributed by atoms with Gasteiger partial charge in [0.1, 0.15) is 0 Å². The summed E-state index contributed by atoms with van der Waals surface area (Å²) in [6.45, 7) is 3.63. The minimum atomic E-state index is -4.16. The zero-order valence-electron chi connectivity index (χ0n) is 11.8. The molecule has 1 rings (SSSR count). The quantitative estimate of drug-likeness (QED) is 0.460. The number of benzene rings is 1. The molecule has 9 heteroatoms. The molecule has 0 aliphatic rings. The number of nitrogens with one attached hydrogen (secondary N) is 1. The highest BCUT2D eigenvalue weighted by Gasteiger charge is 2.24. The highest BCUT2D eigenvalue weighted by atomic mass is 32.2. The van der Waals surface area contributed by atoms with Crippen LogP contribution >= 0.6 is 0 Å². The lowest BCUT2D eigenvalue weighted by Gasteiger charge is -2.09. The van der Waals surface area contributed by atoms with E-state index in [1.165, 1.54) is 6.92 Å². The Balaban J connectivity index is 3.31. The third-order valence-corrected chi connectivity index (χ3v) is 3.95. The molecule has 0 spiro atoms. The van der Waals surface area contributed by atoms with Crippen molar-refractivity contribution in [3.05, 3.63) is 33.4 Å². The van der Waals surface area contributed by atoms with Crippen molar-refractivity contribution in [3.63, 3.8) is 0 Å². The molecule has 21 heavy (non-hydrogen) atoms. The van der Waals surface area contributed by atoms with Crippen LogP contribution in [0, 0.1) is 17.0 Å². The van der Waals surface area contributed by atoms with Gasteiger partial charge in [0.15, 0.2) is 0 Å². The minimum absolute atomic E-state index is 0.0902. The molecule has 0 aliphatic carbocycles. The lowest BCUT2D eigenvalue weighted by molar-refractivity contribution is -0.385. The van der Waals surface area contributed by atoms with E-state index < -0.39 is 31.4 Å². The molecule has 0 saturated carbocycles. The first-order valence-electron chi connectivity index (χ1n) is 6.28. The first-order chi connectivity index (χ1) is 9.68. The molecule has 0 heterocycles. The highest BCUT2D eigenvalue weighted by molar-refractivity contribution is 7.89. The predicted molar refractivity (Wildman–Crippen MR) is 76.4 cm³/mol. The highest BCUT2D eigenvalue weighted by Crippen LogP contribution is 2.26. The van der Waals surface area contributed by atoms with E-state index in [1.54, 1.807) is 0 Å². The molecule has 0 fully saturated rings. The first kappa shape index (κ1) is 17.1. The summed E-state index contributed by atoms with van der Waals surface area (Å²) in [6, 6.07) is 2.10. The standard InChI is InChI=1S/C12H17N3O5S/c1-3-4-5-14-12(16)9-6-10(15(17)18)8(2)11(7-9)21(13,19)20/h6-7H,3-5H2,1-2H3,(H,14,16)(H2,13,19,20). The van der Waals surface area contributed by atoms with Crippen LogP contribution in [0.4, 0.5) is 5.69 Å². The monoisotopic (exact) mass is 315 g/mol. The number of hydrogen-bond donors (Lipinski definition) is 2. The van der Waals surface area contributed by atoms with Crippen LogP contribution in [-0.2, 0) is 10.0 Å². The average Bonchev–Trinajstić information content (AvgIpc) is 2.37. The van der Waals surface area contributed by atoms with Crippen LogP contribution in [0.25, 0.3) is 0 Å². The first-order valence-corrected chi connectivity index (χ1v) is 7.83. The molecular weight excluding hydrogens is 298 g/mol. The van der Waals surface area contributed by atoms with Gasteiger partial charge in [0.2, 0.25) is 10.0 Å². The molecule has 0 radical (unpaired) electrons. The smallest absolute Gasteiger partial charge is 0.274 e. The predicted octanol–water partition coefficient (Wildman–Crippen LogP) is 1.08. The Morgan fingerprint density at radius 3 is 2.52 bits per heavy atom. The van der Waals surface area contributed by atoms with Gasteiger partial charge in [-0.1, -0.05) is 13.3 Å². The normalized spacial score (nSPS) is 11.2. The maximum Gasteiger partial charge on any atom is 0.274 e. The van der Waals surface area contributed by atoms with E-state index in [2.05, 4.69) is 5.32 Å². The van der Waals surface area contributed by atoms with Crippen LogP contribution in [0.5, 0.6) is 0 Å². The molecule has 0 saturated heterocycles. The fraction of sp³-hybridized carbons (Fsp3) is 0.417. The van der Waals surface area contributed by atoms with Gasteiger partial charge in [-0.15, -0.1) is 0 Å². The van der Waals surface area contributed by atoms with Crippen LogP contribution < -0.4 is 10.5 Å². The second-order valence-electron chi connectivity index (χ2n) is 4.53. The zero-order valence-corrected chi connectivity index (χ0v) is 12.6. The number of hydrogen-bond acceptors (Lipinski definition) is 5. The summed E-state index contributed by atoms with van der Waals surface area (Å²) >= 11 is 0. The number of primary sulfonamides is 1. The SMILES string of the molecule is CCCCNC(=O)c1cc([N+](=O)[O-])c(C)c(S(N)(=O)=O)c1. The third kappa shape index (κ3) is 4.23. The average molecular weight is 315 g/mol.